The molecule has 1 aromatic heterocycles. The maximum atomic E-state index is 14.7. The first-order valence-corrected chi connectivity index (χ1v) is 12.5. The zero-order valence-corrected chi connectivity index (χ0v) is 21.6. The van der Waals surface area contributed by atoms with Crippen LogP contribution in [0.1, 0.15) is 36.5 Å². The van der Waals surface area contributed by atoms with Crippen LogP contribution in [0.4, 0.5) is 9.18 Å². The van der Waals surface area contributed by atoms with Crippen molar-refractivity contribution in [3.63, 3.8) is 0 Å². The third-order valence-corrected chi connectivity index (χ3v) is 6.48. The van der Waals surface area contributed by atoms with E-state index >= 15 is 0 Å². The quantitative estimate of drug-likeness (QED) is 0.421. The molecule has 0 aliphatic carbocycles. The van der Waals surface area contributed by atoms with Gasteiger partial charge in [0.2, 0.25) is 0 Å². The molecule has 3 aromatic rings. The van der Waals surface area contributed by atoms with Gasteiger partial charge in [-0.1, -0.05) is 49.4 Å². The number of hydrogen-bond donors (Lipinski definition) is 2. The van der Waals surface area contributed by atoms with Gasteiger partial charge in [-0.3, -0.25) is 9.59 Å². The molecular weight excluding hydrogens is 509 g/mol. The first-order valence-electron chi connectivity index (χ1n) is 12.5. The van der Waals surface area contributed by atoms with E-state index in [2.05, 4.69) is 10.3 Å². The number of aliphatic carboxylic acids is 1. The molecule has 2 heterocycles. The summed E-state index contributed by atoms with van der Waals surface area (Å²) in [6.45, 7) is 3.63. The van der Waals surface area contributed by atoms with Gasteiger partial charge in [-0.2, -0.15) is 0 Å². The van der Waals surface area contributed by atoms with Crippen LogP contribution in [0.3, 0.4) is 0 Å². The molecule has 39 heavy (non-hydrogen) atoms. The summed E-state index contributed by atoms with van der Waals surface area (Å²) in [5.41, 5.74) is 0.185. The summed E-state index contributed by atoms with van der Waals surface area (Å²) in [4.78, 5) is 40.1. The van der Waals surface area contributed by atoms with E-state index in [0.29, 0.717) is 5.75 Å². The minimum absolute atomic E-state index is 0.0249. The summed E-state index contributed by atoms with van der Waals surface area (Å²) in [6, 6.07) is 14.1. The lowest BCUT2D eigenvalue weighted by atomic mass is 9.92. The van der Waals surface area contributed by atoms with Gasteiger partial charge in [-0.15, -0.1) is 5.10 Å². The molecule has 12 heteroatoms. The molecule has 0 bridgehead atoms. The van der Waals surface area contributed by atoms with E-state index in [0.717, 1.165) is 4.90 Å². The molecule has 0 saturated carbocycles. The number of aromatic nitrogens is 3. The van der Waals surface area contributed by atoms with Crippen molar-refractivity contribution >= 4 is 18.0 Å². The maximum Gasteiger partial charge on any atom is 0.407 e. The molecule has 2 N–H and O–H groups in total. The highest BCUT2D eigenvalue weighted by Crippen LogP contribution is 2.26. The average molecular weight is 540 g/mol. The minimum Gasteiger partial charge on any atom is -0.487 e. The van der Waals surface area contributed by atoms with Crippen molar-refractivity contribution in [1.82, 2.24) is 24.8 Å². The number of rotatable bonds is 9. The normalized spacial score (nSPS) is 17.2. The lowest BCUT2D eigenvalue weighted by Gasteiger charge is -2.41. The molecule has 0 radical (unpaired) electrons. The Morgan fingerprint density at radius 1 is 1.08 bits per heavy atom. The summed E-state index contributed by atoms with van der Waals surface area (Å²) in [6.07, 6.45) is -1.18. The van der Waals surface area contributed by atoms with Gasteiger partial charge in [0.1, 0.15) is 29.6 Å². The number of ether oxygens (including phenoxy) is 1. The number of nitrogens with zero attached hydrogens (tertiary/aromatic N) is 5. The summed E-state index contributed by atoms with van der Waals surface area (Å²) < 4.78 is 21.8. The Morgan fingerprint density at radius 2 is 1.77 bits per heavy atom. The summed E-state index contributed by atoms with van der Waals surface area (Å²) >= 11 is 0. The molecular formula is C27H30FN5O6. The number of likely N-dealkylation sites (tertiary alicyclic amines) is 1. The topological polar surface area (TPSA) is 138 Å². The Hall–Kier alpha value is -4.48. The highest BCUT2D eigenvalue weighted by Gasteiger charge is 2.39. The van der Waals surface area contributed by atoms with Gasteiger partial charge >= 0.3 is 12.1 Å². The smallest absolute Gasteiger partial charge is 0.407 e. The Morgan fingerprint density at radius 3 is 2.41 bits per heavy atom. The Labute approximate surface area is 224 Å². The second kappa shape index (κ2) is 11.9. The first kappa shape index (κ1) is 27.6. The number of halogens is 1. The van der Waals surface area contributed by atoms with Gasteiger partial charge in [-0.05, 0) is 36.6 Å². The van der Waals surface area contributed by atoms with E-state index in [-0.39, 0.29) is 55.7 Å². The van der Waals surface area contributed by atoms with Gasteiger partial charge in [-0.25, -0.2) is 13.9 Å². The number of amides is 2. The second-order valence-corrected chi connectivity index (χ2v) is 9.81. The van der Waals surface area contributed by atoms with E-state index in [1.165, 1.54) is 27.8 Å². The predicted molar refractivity (Wildman–Crippen MR) is 137 cm³/mol. The SMILES string of the molecule is CC(C)CN(C(=O)c1nnn(-c2ccccc2F)c1COc1ccccc1)[C@H]1C[C@@H](C(=O)O)CN(C(=O)O)C1. The minimum atomic E-state index is -1.26. The molecule has 4 rings (SSSR count). The molecule has 206 valence electrons. The van der Waals surface area contributed by atoms with Crippen molar-refractivity contribution in [2.75, 3.05) is 19.6 Å². The van der Waals surface area contributed by atoms with Crippen molar-refractivity contribution < 1.29 is 33.7 Å². The van der Waals surface area contributed by atoms with Gasteiger partial charge in [0.05, 0.1) is 12.0 Å². The Kier molecular flexibility index (Phi) is 8.43. The van der Waals surface area contributed by atoms with Gasteiger partial charge < -0.3 is 24.7 Å². The number of hydrogen-bond acceptors (Lipinski definition) is 6. The summed E-state index contributed by atoms with van der Waals surface area (Å²) in [7, 11) is 0. The van der Waals surface area contributed by atoms with E-state index < -0.39 is 35.7 Å². The van der Waals surface area contributed by atoms with Crippen LogP contribution in [0.2, 0.25) is 0 Å². The van der Waals surface area contributed by atoms with Crippen LogP contribution in [0.15, 0.2) is 54.6 Å². The van der Waals surface area contributed by atoms with E-state index in [1.807, 2.05) is 19.9 Å². The molecule has 1 saturated heterocycles. The third kappa shape index (κ3) is 6.33. The van der Waals surface area contributed by atoms with Gasteiger partial charge in [0.15, 0.2) is 5.69 Å². The number of piperidine rings is 1. The van der Waals surface area contributed by atoms with Crippen molar-refractivity contribution in [2.24, 2.45) is 11.8 Å². The monoisotopic (exact) mass is 539 g/mol. The molecule has 0 unspecified atom stereocenters. The molecule has 1 aliphatic heterocycles. The van der Waals surface area contributed by atoms with Crippen molar-refractivity contribution in [1.29, 1.82) is 0 Å². The second-order valence-electron chi connectivity index (χ2n) is 9.81. The lowest BCUT2D eigenvalue weighted by Crippen LogP contribution is -2.56. The van der Waals surface area contributed by atoms with Crippen LogP contribution < -0.4 is 4.74 Å². The standard InChI is InChI=1S/C27H30FN5O6/c1-17(2)13-32(19-12-18(26(35)36)14-31(15-19)27(37)38)25(34)24-23(16-39-20-8-4-3-5-9-20)33(30-29-24)22-11-7-6-10-21(22)28/h3-11,17-19H,12-16H2,1-2H3,(H,35,36)(H,37,38)/t18-,19+/m1/s1. The lowest BCUT2D eigenvalue weighted by molar-refractivity contribution is -0.144. The largest absolute Gasteiger partial charge is 0.487 e. The maximum absolute atomic E-state index is 14.7. The fourth-order valence-corrected chi connectivity index (χ4v) is 4.64. The Balaban J connectivity index is 1.74. The van der Waals surface area contributed by atoms with Crippen LogP contribution >= 0.6 is 0 Å². The molecule has 2 aromatic carbocycles. The molecule has 1 aliphatic rings. The Bertz CT molecular complexity index is 1310. The highest BCUT2D eigenvalue weighted by molar-refractivity contribution is 5.94. The number of para-hydroxylation sites is 2. The van der Waals surface area contributed by atoms with Crippen LogP contribution in [0.25, 0.3) is 5.69 Å². The van der Waals surface area contributed by atoms with E-state index in [9.17, 15) is 29.0 Å². The third-order valence-electron chi connectivity index (χ3n) is 6.48. The first-order chi connectivity index (χ1) is 18.7. The molecule has 2 atom stereocenters. The van der Waals surface area contributed by atoms with Crippen molar-refractivity contribution in [3.8, 4) is 11.4 Å². The fraction of sp³-hybridized carbons (Fsp3) is 0.370. The number of carboxylic acids is 1. The summed E-state index contributed by atoms with van der Waals surface area (Å²) in [5.74, 6) is -2.76. The van der Waals surface area contributed by atoms with Crippen LogP contribution in [-0.2, 0) is 11.4 Å². The van der Waals surface area contributed by atoms with Crippen molar-refractivity contribution in [3.05, 3.63) is 71.8 Å². The van der Waals surface area contributed by atoms with Crippen molar-refractivity contribution in [2.45, 2.75) is 32.9 Å². The van der Waals surface area contributed by atoms with Crippen LogP contribution in [-0.4, -0.2) is 78.7 Å². The zero-order valence-electron chi connectivity index (χ0n) is 21.6. The molecule has 0 spiro atoms. The summed E-state index contributed by atoms with van der Waals surface area (Å²) in [5, 5.41) is 27.4. The average Bonchev–Trinajstić information content (AvgIpc) is 3.34. The number of carbonyl (C=O) groups excluding carboxylic acids is 1. The zero-order chi connectivity index (χ0) is 28.1. The van der Waals surface area contributed by atoms with Gasteiger partial charge in [0, 0.05) is 19.6 Å². The molecule has 1 fully saturated rings. The molecule has 11 nitrogen and oxygen atoms in total. The van der Waals surface area contributed by atoms with Crippen LogP contribution in [0, 0.1) is 17.7 Å². The molecule has 2 amide bonds. The highest BCUT2D eigenvalue weighted by atomic mass is 19.1. The van der Waals surface area contributed by atoms with Gasteiger partial charge in [0.25, 0.3) is 5.91 Å². The van der Waals surface area contributed by atoms with E-state index in [1.54, 1.807) is 30.3 Å². The number of carbonyl (C=O) groups is 3. The number of carboxylic acid groups (broad SMARTS) is 2. The number of benzene rings is 2. The predicted octanol–water partition coefficient (Wildman–Crippen LogP) is 3.54. The van der Waals surface area contributed by atoms with E-state index in [4.69, 9.17) is 4.74 Å². The fourth-order valence-electron chi connectivity index (χ4n) is 4.64. The van der Waals surface area contributed by atoms with Crippen LogP contribution in [0.5, 0.6) is 5.75 Å².